The molecule has 1 rings (SSSR count). The van der Waals surface area contributed by atoms with Crippen LogP contribution in [-0.2, 0) is 11.0 Å². The molecule has 1 aromatic carbocycles. The van der Waals surface area contributed by atoms with Crippen molar-refractivity contribution < 1.29 is 9.35 Å². The van der Waals surface area contributed by atoms with Crippen molar-refractivity contribution in [3.8, 4) is 0 Å². The summed E-state index contributed by atoms with van der Waals surface area (Å²) in [6, 6.07) is 4.80. The summed E-state index contributed by atoms with van der Waals surface area (Å²) < 4.78 is 5.65. The highest BCUT2D eigenvalue weighted by Crippen LogP contribution is 2.29. The summed E-state index contributed by atoms with van der Waals surface area (Å²) in [5.74, 6) is 0. The number of benzene rings is 1. The van der Waals surface area contributed by atoms with Crippen molar-refractivity contribution in [2.24, 2.45) is 0 Å². The largest absolute Gasteiger partial charge is 0.412 e. The first kappa shape index (κ1) is 14.4. The molecule has 4 nitrogen and oxygen atoms in total. The molecule has 0 heterocycles. The first-order chi connectivity index (χ1) is 7.87. The molecule has 7 heteroatoms. The maximum Gasteiger partial charge on any atom is 0.293 e. The molecular weight excluding hydrogens is 281 g/mol. The fourth-order valence-corrected chi connectivity index (χ4v) is 2.31. The van der Waals surface area contributed by atoms with Gasteiger partial charge in [0.1, 0.15) is 5.02 Å². The van der Waals surface area contributed by atoms with Crippen LogP contribution >= 0.6 is 23.2 Å². The molecule has 0 N–H and O–H groups in total. The van der Waals surface area contributed by atoms with E-state index in [2.05, 4.69) is 0 Å². The number of rotatable bonds is 5. The van der Waals surface area contributed by atoms with Crippen LogP contribution < -0.4 is 0 Å². The zero-order chi connectivity index (χ0) is 13.1. The van der Waals surface area contributed by atoms with Gasteiger partial charge in [-0.3, -0.25) is 10.1 Å². The molecule has 0 amide bonds. The fraction of sp³-hybridized carbons (Fsp3) is 0.400. The summed E-state index contributed by atoms with van der Waals surface area (Å²) in [7, 11) is -1.94. The van der Waals surface area contributed by atoms with E-state index in [1.54, 1.807) is 12.1 Å². The molecule has 0 fully saturated rings. The second-order valence-electron chi connectivity index (χ2n) is 4.19. The molecule has 0 aliphatic rings. The van der Waals surface area contributed by atoms with Gasteiger partial charge in [0.25, 0.3) is 5.69 Å². The second kappa shape index (κ2) is 5.82. The molecule has 0 saturated carbocycles. The summed E-state index contributed by atoms with van der Waals surface area (Å²) in [6.45, 7) is 4.08. The lowest BCUT2D eigenvalue weighted by atomic mass is 10.2. The topological polar surface area (TPSA) is 52.4 Å². The minimum atomic E-state index is -1.94. The Bertz CT molecular complexity index is 426. The number of halogens is 2. The molecule has 0 spiro atoms. The predicted molar refractivity (Wildman–Crippen MR) is 71.1 cm³/mol. The third-order valence-corrected chi connectivity index (χ3v) is 6.00. The van der Waals surface area contributed by atoms with Crippen molar-refractivity contribution in [1.82, 2.24) is 0 Å². The van der Waals surface area contributed by atoms with Crippen LogP contribution in [0.15, 0.2) is 18.2 Å². The summed E-state index contributed by atoms with van der Waals surface area (Å²) in [6.07, 6.45) is 0. The standard InChI is InChI=1S/C10H13Cl2NO3Si/c1-17(2,7-11)16-6-8-4-3-5-9(12)10(8)13(14)15/h3-5H,6-7H2,1-2H3. The van der Waals surface area contributed by atoms with Crippen LogP contribution in [-0.4, -0.2) is 18.7 Å². The molecule has 0 radical (unpaired) electrons. The molecule has 0 aliphatic heterocycles. The first-order valence-electron chi connectivity index (χ1n) is 4.99. The maximum atomic E-state index is 10.9. The summed E-state index contributed by atoms with van der Waals surface area (Å²) in [5, 5.41) is 11.0. The molecular formula is C10H13Cl2NO3Si. The van der Waals surface area contributed by atoms with Crippen LogP contribution in [0.2, 0.25) is 18.1 Å². The summed E-state index contributed by atoms with van der Waals surface area (Å²) in [5.41, 5.74) is 0.836. The van der Waals surface area contributed by atoms with Gasteiger partial charge in [0.2, 0.25) is 8.32 Å². The summed E-state index contributed by atoms with van der Waals surface area (Å²) in [4.78, 5) is 10.4. The second-order valence-corrected chi connectivity index (χ2v) is 9.47. The number of hydrogen-bond acceptors (Lipinski definition) is 3. The van der Waals surface area contributed by atoms with Crippen molar-refractivity contribution in [2.75, 3.05) is 5.50 Å². The van der Waals surface area contributed by atoms with Gasteiger partial charge in [0.05, 0.1) is 17.1 Å². The zero-order valence-electron chi connectivity index (χ0n) is 9.57. The van der Waals surface area contributed by atoms with Gasteiger partial charge in [-0.05, 0) is 25.2 Å². The van der Waals surface area contributed by atoms with E-state index in [-0.39, 0.29) is 17.3 Å². The first-order valence-corrected chi connectivity index (χ1v) is 9.02. The van der Waals surface area contributed by atoms with Crippen LogP contribution in [0.25, 0.3) is 0 Å². The third kappa shape index (κ3) is 3.95. The van der Waals surface area contributed by atoms with E-state index in [1.165, 1.54) is 6.07 Å². The number of alkyl halides is 1. The van der Waals surface area contributed by atoms with E-state index in [1.807, 2.05) is 13.1 Å². The van der Waals surface area contributed by atoms with Gasteiger partial charge in [-0.15, -0.1) is 11.6 Å². The van der Waals surface area contributed by atoms with Crippen molar-refractivity contribution >= 4 is 37.2 Å². The summed E-state index contributed by atoms with van der Waals surface area (Å²) >= 11 is 11.6. The molecule has 0 aliphatic carbocycles. The number of nitrogens with zero attached hydrogens (tertiary/aromatic N) is 1. The van der Waals surface area contributed by atoms with E-state index in [0.717, 1.165) is 0 Å². The van der Waals surface area contributed by atoms with Crippen molar-refractivity contribution in [3.05, 3.63) is 38.9 Å². The molecule has 0 atom stereocenters. The van der Waals surface area contributed by atoms with Gasteiger partial charge in [-0.1, -0.05) is 17.7 Å². The molecule has 94 valence electrons. The molecule has 0 saturated heterocycles. The highest BCUT2D eigenvalue weighted by molar-refractivity contribution is 6.77. The molecule has 0 bridgehead atoms. The number of nitro benzene ring substituents is 1. The van der Waals surface area contributed by atoms with Crippen LogP contribution in [0, 0.1) is 10.1 Å². The Morgan fingerprint density at radius 1 is 1.47 bits per heavy atom. The van der Waals surface area contributed by atoms with Crippen LogP contribution in [0.4, 0.5) is 5.69 Å². The van der Waals surface area contributed by atoms with Crippen molar-refractivity contribution in [1.29, 1.82) is 0 Å². The molecule has 1 aromatic rings. The maximum absolute atomic E-state index is 10.9. The van der Waals surface area contributed by atoms with Gasteiger partial charge in [-0.25, -0.2) is 0 Å². The van der Waals surface area contributed by atoms with Gasteiger partial charge in [0, 0.05) is 5.50 Å². The smallest absolute Gasteiger partial charge is 0.293 e. The number of nitro groups is 1. The van der Waals surface area contributed by atoms with Gasteiger partial charge >= 0.3 is 0 Å². The van der Waals surface area contributed by atoms with Crippen LogP contribution in [0.1, 0.15) is 5.56 Å². The normalized spacial score (nSPS) is 11.5. The monoisotopic (exact) mass is 293 g/mol. The van der Waals surface area contributed by atoms with E-state index in [4.69, 9.17) is 27.6 Å². The number of para-hydroxylation sites is 1. The van der Waals surface area contributed by atoms with Gasteiger partial charge in [-0.2, -0.15) is 0 Å². The Morgan fingerprint density at radius 3 is 2.65 bits per heavy atom. The lowest BCUT2D eigenvalue weighted by Gasteiger charge is -2.19. The Hall–Kier alpha value is -0.623. The van der Waals surface area contributed by atoms with Crippen LogP contribution in [0.3, 0.4) is 0 Å². The van der Waals surface area contributed by atoms with Crippen LogP contribution in [0.5, 0.6) is 0 Å². The fourth-order valence-electron chi connectivity index (χ4n) is 1.19. The van der Waals surface area contributed by atoms with E-state index in [9.17, 15) is 10.1 Å². The minimum Gasteiger partial charge on any atom is -0.412 e. The Morgan fingerprint density at radius 2 is 2.12 bits per heavy atom. The Labute approximate surface area is 111 Å². The predicted octanol–water partition coefficient (Wildman–Crippen LogP) is 3.75. The quantitative estimate of drug-likeness (QED) is 0.360. The van der Waals surface area contributed by atoms with Gasteiger partial charge in [0.15, 0.2) is 0 Å². The van der Waals surface area contributed by atoms with Gasteiger partial charge < -0.3 is 4.43 Å². The van der Waals surface area contributed by atoms with Crippen molar-refractivity contribution in [3.63, 3.8) is 0 Å². The minimum absolute atomic E-state index is 0.0893. The average Bonchev–Trinajstić information content (AvgIpc) is 2.26. The molecule has 17 heavy (non-hydrogen) atoms. The number of hydrogen-bond donors (Lipinski definition) is 0. The SMILES string of the molecule is C[Si](C)(CCl)OCc1cccc(Cl)c1[N+](=O)[O-]. The Balaban J connectivity index is 2.92. The Kier molecular flexibility index (Phi) is 4.94. The zero-order valence-corrected chi connectivity index (χ0v) is 12.1. The molecule has 0 aromatic heterocycles. The highest BCUT2D eigenvalue weighted by atomic mass is 35.5. The van der Waals surface area contributed by atoms with E-state index < -0.39 is 13.2 Å². The third-order valence-electron chi connectivity index (χ3n) is 2.19. The lowest BCUT2D eigenvalue weighted by molar-refractivity contribution is -0.385. The average molecular weight is 294 g/mol. The van der Waals surface area contributed by atoms with Crippen molar-refractivity contribution in [2.45, 2.75) is 19.7 Å². The van der Waals surface area contributed by atoms with E-state index >= 15 is 0 Å². The lowest BCUT2D eigenvalue weighted by Crippen LogP contribution is -2.32. The highest BCUT2D eigenvalue weighted by Gasteiger charge is 2.24. The van der Waals surface area contributed by atoms with E-state index in [0.29, 0.717) is 11.1 Å². The molecule has 0 unspecified atom stereocenters.